The zero-order valence-electron chi connectivity index (χ0n) is 24.4. The number of hydrogen-bond acceptors (Lipinski definition) is 5. The van der Waals surface area contributed by atoms with Gasteiger partial charge in [-0.15, -0.1) is 0 Å². The average molecular weight is 553 g/mol. The van der Waals surface area contributed by atoms with Crippen LogP contribution in [0.5, 0.6) is 5.75 Å². The lowest BCUT2D eigenvalue weighted by Gasteiger charge is -2.27. The molecule has 3 aromatic carbocycles. The summed E-state index contributed by atoms with van der Waals surface area (Å²) in [7, 11) is 2.17. The van der Waals surface area contributed by atoms with Crippen LogP contribution in [0.1, 0.15) is 47.6 Å². The Morgan fingerprint density at radius 3 is 2.49 bits per heavy atom. The van der Waals surface area contributed by atoms with Crippen LogP contribution in [0.4, 0.5) is 0 Å². The fraction of sp³-hybridized carbons (Fsp3) is 0.382. The summed E-state index contributed by atoms with van der Waals surface area (Å²) in [6.07, 6.45) is 2.88. The van der Waals surface area contributed by atoms with Crippen LogP contribution in [0.15, 0.2) is 77.6 Å². The van der Waals surface area contributed by atoms with Gasteiger partial charge >= 0.3 is 0 Å². The average Bonchev–Trinajstić information content (AvgIpc) is 2.97. The Balaban J connectivity index is 1.39. The van der Waals surface area contributed by atoms with Crippen molar-refractivity contribution in [1.82, 2.24) is 19.6 Å². The normalized spacial score (nSPS) is 17.4. The molecule has 1 aliphatic rings. The molecule has 1 atom stereocenters. The molecule has 41 heavy (non-hydrogen) atoms. The van der Waals surface area contributed by atoms with Crippen LogP contribution < -0.4 is 10.3 Å². The van der Waals surface area contributed by atoms with Crippen molar-refractivity contribution in [1.29, 1.82) is 0 Å². The quantitative estimate of drug-likeness (QED) is 0.344. The minimum Gasteiger partial charge on any atom is -0.491 e. The van der Waals surface area contributed by atoms with Crippen molar-refractivity contribution in [2.24, 2.45) is 0 Å². The third-order valence-electron chi connectivity index (χ3n) is 8.08. The van der Waals surface area contributed by atoms with Gasteiger partial charge in [-0.1, -0.05) is 66.2 Å². The van der Waals surface area contributed by atoms with E-state index < -0.39 is 0 Å². The van der Waals surface area contributed by atoms with Crippen LogP contribution in [0.25, 0.3) is 10.8 Å². The molecule has 1 amide bonds. The van der Waals surface area contributed by atoms with E-state index in [1.807, 2.05) is 36.1 Å². The molecule has 0 N–H and O–H groups in total. The van der Waals surface area contributed by atoms with Crippen LogP contribution in [-0.4, -0.2) is 58.8 Å². The summed E-state index contributed by atoms with van der Waals surface area (Å²) in [4.78, 5) is 31.0. The molecule has 1 aromatic heterocycles. The molecule has 7 nitrogen and oxygen atoms in total. The Labute approximate surface area is 242 Å². The fourth-order valence-electron chi connectivity index (χ4n) is 5.82. The van der Waals surface area contributed by atoms with E-state index in [0.29, 0.717) is 31.0 Å². The lowest BCUT2D eigenvalue weighted by Crippen LogP contribution is -2.40. The van der Waals surface area contributed by atoms with Gasteiger partial charge in [0.25, 0.3) is 5.56 Å². The van der Waals surface area contributed by atoms with Crippen LogP contribution in [0, 0.1) is 13.8 Å². The third kappa shape index (κ3) is 7.03. The van der Waals surface area contributed by atoms with Gasteiger partial charge in [0.2, 0.25) is 5.91 Å². The first-order valence-corrected chi connectivity index (χ1v) is 14.6. The van der Waals surface area contributed by atoms with Crippen molar-refractivity contribution in [2.75, 3.05) is 33.3 Å². The Morgan fingerprint density at radius 2 is 1.68 bits per heavy atom. The first-order valence-electron chi connectivity index (χ1n) is 14.6. The number of aromatic nitrogens is 2. The Hall–Kier alpha value is -3.97. The molecule has 1 unspecified atom stereocenters. The fourth-order valence-corrected chi connectivity index (χ4v) is 5.82. The van der Waals surface area contributed by atoms with Gasteiger partial charge in [0.05, 0.1) is 17.6 Å². The van der Waals surface area contributed by atoms with Gasteiger partial charge in [0.1, 0.15) is 18.9 Å². The number of nitrogens with zero attached hydrogens (tertiary/aromatic N) is 4. The van der Waals surface area contributed by atoms with Gasteiger partial charge < -0.3 is 14.5 Å². The predicted octanol–water partition coefficient (Wildman–Crippen LogP) is 5.32. The monoisotopic (exact) mass is 552 g/mol. The minimum absolute atomic E-state index is 0.0901. The van der Waals surface area contributed by atoms with E-state index in [0.717, 1.165) is 54.7 Å². The Morgan fingerprint density at radius 1 is 0.927 bits per heavy atom. The lowest BCUT2D eigenvalue weighted by atomic mass is 9.91. The molecule has 0 fully saturated rings. The largest absolute Gasteiger partial charge is 0.491 e. The summed E-state index contributed by atoms with van der Waals surface area (Å²) in [5, 5.41) is 5.88. The molecule has 1 aliphatic heterocycles. The molecule has 5 rings (SSSR count). The zero-order valence-corrected chi connectivity index (χ0v) is 24.4. The molecule has 4 aromatic rings. The molecular weight excluding hydrogens is 512 g/mol. The molecule has 7 heteroatoms. The first kappa shape index (κ1) is 28.6. The van der Waals surface area contributed by atoms with Crippen LogP contribution in [-0.2, 0) is 17.9 Å². The van der Waals surface area contributed by atoms with Crippen LogP contribution >= 0.6 is 0 Å². The van der Waals surface area contributed by atoms with Gasteiger partial charge in [0, 0.05) is 24.0 Å². The highest BCUT2D eigenvalue weighted by molar-refractivity contribution is 5.83. The molecule has 0 saturated heterocycles. The molecular formula is C34H40N4O3. The zero-order chi connectivity index (χ0) is 28.8. The number of aryl methyl sites for hydroxylation is 2. The second kappa shape index (κ2) is 13.1. The number of carbonyl (C=O) groups is 1. The molecule has 0 bridgehead atoms. The summed E-state index contributed by atoms with van der Waals surface area (Å²) >= 11 is 0. The number of carbonyl (C=O) groups excluding carboxylic acids is 1. The summed E-state index contributed by atoms with van der Waals surface area (Å²) < 4.78 is 7.56. The van der Waals surface area contributed by atoms with Crippen LogP contribution in [0.3, 0.4) is 0 Å². The topological polar surface area (TPSA) is 67.7 Å². The molecule has 2 heterocycles. The second-order valence-electron chi connectivity index (χ2n) is 11.2. The first-order chi connectivity index (χ1) is 19.9. The second-order valence-corrected chi connectivity index (χ2v) is 11.2. The van der Waals surface area contributed by atoms with Gasteiger partial charge in [-0.3, -0.25) is 9.59 Å². The van der Waals surface area contributed by atoms with Crippen molar-refractivity contribution in [3.63, 3.8) is 0 Å². The van der Waals surface area contributed by atoms with Crippen molar-refractivity contribution in [3.8, 4) is 5.75 Å². The van der Waals surface area contributed by atoms with Crippen molar-refractivity contribution in [3.05, 3.63) is 106 Å². The number of ether oxygens (including phenoxy) is 1. The smallest absolute Gasteiger partial charge is 0.275 e. The van der Waals surface area contributed by atoms with Crippen LogP contribution in [0.2, 0.25) is 0 Å². The Kier molecular flexibility index (Phi) is 9.14. The summed E-state index contributed by atoms with van der Waals surface area (Å²) in [5.41, 5.74) is 4.19. The molecule has 0 aliphatic carbocycles. The predicted molar refractivity (Wildman–Crippen MR) is 163 cm³/mol. The van der Waals surface area contributed by atoms with Gasteiger partial charge in [-0.25, -0.2) is 4.68 Å². The van der Waals surface area contributed by atoms with E-state index in [-0.39, 0.29) is 18.0 Å². The number of benzene rings is 3. The third-order valence-corrected chi connectivity index (χ3v) is 8.08. The standard InChI is InChI=1S/C34H40N4O3/c1-25-15-16-32-29(22-25)23-36(3)19-17-28(27-10-5-4-6-11-27)12-9-18-37(20-21-41-32)33(39)24-38-34(40)31-14-8-7-13-30(31)26(2)35-38/h4-8,10-11,13-16,22,28H,9,12,17-21,23-24H2,1-3H3. The highest BCUT2D eigenvalue weighted by atomic mass is 16.5. The molecule has 214 valence electrons. The van der Waals surface area contributed by atoms with Gasteiger partial charge in [-0.2, -0.15) is 5.10 Å². The Bertz CT molecular complexity index is 1550. The van der Waals surface area contributed by atoms with E-state index in [4.69, 9.17) is 4.74 Å². The van der Waals surface area contributed by atoms with E-state index in [1.54, 1.807) is 6.07 Å². The molecule has 0 radical (unpaired) electrons. The summed E-state index contributed by atoms with van der Waals surface area (Å²) in [5.74, 6) is 1.14. The molecule has 0 spiro atoms. The maximum Gasteiger partial charge on any atom is 0.275 e. The highest BCUT2D eigenvalue weighted by Gasteiger charge is 2.20. The van der Waals surface area contributed by atoms with Crippen molar-refractivity contribution < 1.29 is 9.53 Å². The molecule has 0 saturated carbocycles. The maximum absolute atomic E-state index is 13.7. The number of rotatable bonds is 3. The maximum atomic E-state index is 13.7. The van der Waals surface area contributed by atoms with E-state index in [1.165, 1.54) is 15.8 Å². The summed E-state index contributed by atoms with van der Waals surface area (Å²) in [6, 6.07) is 24.4. The van der Waals surface area contributed by atoms with Crippen molar-refractivity contribution >= 4 is 16.7 Å². The minimum atomic E-state index is -0.240. The lowest BCUT2D eigenvalue weighted by molar-refractivity contribution is -0.132. The number of hydrogen-bond donors (Lipinski definition) is 0. The van der Waals surface area contributed by atoms with Gasteiger partial charge in [-0.05, 0) is 70.3 Å². The number of fused-ring (bicyclic) bond motifs is 2. The van der Waals surface area contributed by atoms with E-state index in [2.05, 4.69) is 66.4 Å². The van der Waals surface area contributed by atoms with Gasteiger partial charge in [0.15, 0.2) is 0 Å². The SMILES string of the molecule is Cc1ccc2c(c1)CN(C)CCC(c1ccccc1)CCCN(C(=O)Cn1nc(C)c3ccccc3c1=O)CCO2. The van der Waals surface area contributed by atoms with E-state index >= 15 is 0 Å². The van der Waals surface area contributed by atoms with Crippen molar-refractivity contribution in [2.45, 2.75) is 52.1 Å². The summed E-state index contributed by atoms with van der Waals surface area (Å²) in [6.45, 7) is 7.08. The highest BCUT2D eigenvalue weighted by Crippen LogP contribution is 2.27. The number of amides is 1. The van der Waals surface area contributed by atoms with E-state index in [9.17, 15) is 9.59 Å².